The van der Waals surface area contributed by atoms with Crippen molar-refractivity contribution in [3.63, 3.8) is 0 Å². The third-order valence-corrected chi connectivity index (χ3v) is 10.2. The summed E-state index contributed by atoms with van der Waals surface area (Å²) in [6, 6.07) is 13.0. The van der Waals surface area contributed by atoms with Crippen LogP contribution < -0.4 is 4.74 Å². The quantitative estimate of drug-likeness (QED) is 0.469. The van der Waals surface area contributed by atoms with Gasteiger partial charge in [-0.2, -0.15) is 4.31 Å². The van der Waals surface area contributed by atoms with Gasteiger partial charge < -0.3 is 9.64 Å². The zero-order valence-corrected chi connectivity index (χ0v) is 20.8. The van der Waals surface area contributed by atoms with Crippen molar-refractivity contribution < 1.29 is 21.9 Å². The summed E-state index contributed by atoms with van der Waals surface area (Å²) in [5, 5.41) is 0. The van der Waals surface area contributed by atoms with Gasteiger partial charge in [-0.15, -0.1) is 11.3 Å². The largest absolute Gasteiger partial charge is 0.490 e. The third-order valence-electron chi connectivity index (χ3n) is 6.70. The fourth-order valence-electron chi connectivity index (χ4n) is 4.78. The Labute approximate surface area is 208 Å². The first-order valence-electron chi connectivity index (χ1n) is 11.8. The van der Waals surface area contributed by atoms with Crippen molar-refractivity contribution in [2.45, 2.75) is 42.0 Å². The molecule has 0 atom stereocenters. The summed E-state index contributed by atoms with van der Waals surface area (Å²) in [5.74, 6) is -1.44. The highest BCUT2D eigenvalue weighted by Crippen LogP contribution is 2.33. The second-order valence-electron chi connectivity index (χ2n) is 8.90. The summed E-state index contributed by atoms with van der Waals surface area (Å²) < 4.78 is 60.8. The molecule has 3 aromatic rings. The maximum Gasteiger partial charge on any atom is 0.252 e. The molecule has 0 bridgehead atoms. The molecule has 0 radical (unpaired) electrons. The van der Waals surface area contributed by atoms with Crippen LogP contribution >= 0.6 is 11.3 Å². The van der Waals surface area contributed by atoms with Gasteiger partial charge in [-0.05, 0) is 62.1 Å². The van der Waals surface area contributed by atoms with Crippen molar-refractivity contribution in [3.05, 3.63) is 66.4 Å². The van der Waals surface area contributed by atoms with Crippen LogP contribution in [0.15, 0.2) is 58.9 Å². The van der Waals surface area contributed by atoms with Gasteiger partial charge in [0, 0.05) is 44.5 Å². The Hall–Kier alpha value is -2.40. The number of piperidine rings is 2. The molecule has 0 saturated carbocycles. The van der Waals surface area contributed by atoms with Crippen LogP contribution in [0.4, 0.5) is 8.78 Å². The zero-order valence-electron chi connectivity index (χ0n) is 19.1. The van der Waals surface area contributed by atoms with Crippen LogP contribution in [0.2, 0.25) is 0 Å². The number of halogens is 2. The summed E-state index contributed by atoms with van der Waals surface area (Å²) >= 11 is 1.26. The standard InChI is InChI=1S/C25H27F2N3O3S2/c26-21-5-4-20(17-22(21)27)33-19-10-13-29(14-11-19)18-8-15-30(16-9-18)35(31,32)25-7-6-24(34-25)23-3-1-2-12-28-23/h1-7,12,17-19H,8-11,13-16H2. The van der Waals surface area contributed by atoms with Crippen molar-refractivity contribution in [2.24, 2.45) is 0 Å². The molecule has 5 rings (SSSR count). The number of benzene rings is 1. The monoisotopic (exact) mass is 519 g/mol. The topological polar surface area (TPSA) is 62.7 Å². The maximum absolute atomic E-state index is 13.4. The van der Waals surface area contributed by atoms with Gasteiger partial charge in [0.1, 0.15) is 16.1 Å². The van der Waals surface area contributed by atoms with E-state index in [0.29, 0.717) is 29.1 Å². The molecule has 2 aliphatic rings. The SMILES string of the molecule is O=S(=O)(c1ccc(-c2ccccn2)s1)N1CCC(N2CCC(Oc3ccc(F)c(F)c3)CC2)CC1. The van der Waals surface area contributed by atoms with Gasteiger partial charge in [0.25, 0.3) is 10.0 Å². The lowest BCUT2D eigenvalue weighted by Gasteiger charge is -2.41. The highest BCUT2D eigenvalue weighted by atomic mass is 32.2. The van der Waals surface area contributed by atoms with E-state index in [1.807, 2.05) is 24.3 Å². The molecule has 1 aromatic carbocycles. The van der Waals surface area contributed by atoms with Crippen LogP contribution in [0.5, 0.6) is 5.75 Å². The number of pyridine rings is 1. The van der Waals surface area contributed by atoms with E-state index >= 15 is 0 Å². The Kier molecular flexibility index (Phi) is 7.15. The molecule has 2 aromatic heterocycles. The van der Waals surface area contributed by atoms with Gasteiger partial charge in [0.2, 0.25) is 0 Å². The lowest BCUT2D eigenvalue weighted by atomic mass is 10.00. The number of sulfonamides is 1. The zero-order chi connectivity index (χ0) is 24.4. The predicted octanol–water partition coefficient (Wildman–Crippen LogP) is 4.78. The summed E-state index contributed by atoms with van der Waals surface area (Å²) in [6.45, 7) is 2.67. The number of aromatic nitrogens is 1. The van der Waals surface area contributed by atoms with Crippen LogP contribution in [0.25, 0.3) is 10.6 Å². The number of hydrogen-bond acceptors (Lipinski definition) is 6. The molecule has 2 aliphatic heterocycles. The molecule has 0 spiro atoms. The fourth-order valence-corrected chi connectivity index (χ4v) is 7.69. The molecular weight excluding hydrogens is 492 g/mol. The number of nitrogens with zero attached hydrogens (tertiary/aromatic N) is 3. The first-order valence-corrected chi connectivity index (χ1v) is 14.0. The molecule has 0 unspecified atom stereocenters. The van der Waals surface area contributed by atoms with E-state index in [4.69, 9.17) is 4.74 Å². The number of hydrogen-bond donors (Lipinski definition) is 0. The van der Waals surface area contributed by atoms with Crippen molar-refractivity contribution in [2.75, 3.05) is 26.2 Å². The normalized spacial score (nSPS) is 19.1. The van der Waals surface area contributed by atoms with E-state index in [1.54, 1.807) is 16.6 Å². The first kappa shape index (κ1) is 24.3. The van der Waals surface area contributed by atoms with Crippen LogP contribution in [-0.2, 0) is 10.0 Å². The van der Waals surface area contributed by atoms with Gasteiger partial charge in [-0.3, -0.25) is 4.98 Å². The highest BCUT2D eigenvalue weighted by Gasteiger charge is 2.34. The molecular formula is C25H27F2N3O3S2. The average Bonchev–Trinajstić information content (AvgIpc) is 3.39. The van der Waals surface area contributed by atoms with Gasteiger partial charge in [0.15, 0.2) is 11.6 Å². The molecule has 2 fully saturated rings. The van der Waals surface area contributed by atoms with Gasteiger partial charge in [-0.1, -0.05) is 6.07 Å². The Bertz CT molecular complexity index is 1250. The summed E-state index contributed by atoms with van der Waals surface area (Å²) in [7, 11) is -3.53. The summed E-state index contributed by atoms with van der Waals surface area (Å²) in [5.41, 5.74) is 0.773. The number of thiophene rings is 1. The first-order chi connectivity index (χ1) is 16.9. The number of rotatable bonds is 6. The van der Waals surface area contributed by atoms with E-state index < -0.39 is 21.7 Å². The lowest BCUT2D eigenvalue weighted by Crippen LogP contribution is -2.50. The Morgan fingerprint density at radius 2 is 1.69 bits per heavy atom. The Balaban J connectivity index is 1.13. The minimum absolute atomic E-state index is 0.0382. The van der Waals surface area contributed by atoms with Crippen molar-refractivity contribution >= 4 is 21.4 Å². The minimum atomic E-state index is -3.53. The molecule has 0 amide bonds. The fraction of sp³-hybridized carbons (Fsp3) is 0.400. The van der Waals surface area contributed by atoms with E-state index in [2.05, 4.69) is 9.88 Å². The number of likely N-dealkylation sites (tertiary alicyclic amines) is 1. The van der Waals surface area contributed by atoms with Crippen molar-refractivity contribution in [3.8, 4) is 16.3 Å². The van der Waals surface area contributed by atoms with E-state index in [-0.39, 0.29) is 6.10 Å². The predicted molar refractivity (Wildman–Crippen MR) is 131 cm³/mol. The van der Waals surface area contributed by atoms with Crippen LogP contribution in [0.3, 0.4) is 0 Å². The maximum atomic E-state index is 13.4. The molecule has 6 nitrogen and oxygen atoms in total. The molecule has 10 heteroatoms. The van der Waals surface area contributed by atoms with Crippen molar-refractivity contribution in [1.82, 2.24) is 14.2 Å². The van der Waals surface area contributed by atoms with Gasteiger partial charge in [0.05, 0.1) is 10.6 Å². The second-order valence-corrected chi connectivity index (χ2v) is 12.1. The van der Waals surface area contributed by atoms with Crippen LogP contribution in [0, 0.1) is 11.6 Å². The smallest absolute Gasteiger partial charge is 0.252 e. The summed E-state index contributed by atoms with van der Waals surface area (Å²) in [6.07, 6.45) is 4.82. The molecule has 35 heavy (non-hydrogen) atoms. The molecule has 4 heterocycles. The van der Waals surface area contributed by atoms with Gasteiger partial charge in [-0.25, -0.2) is 17.2 Å². The minimum Gasteiger partial charge on any atom is -0.490 e. The van der Waals surface area contributed by atoms with Crippen LogP contribution in [-0.4, -0.2) is 60.9 Å². The molecule has 186 valence electrons. The summed E-state index contributed by atoms with van der Waals surface area (Å²) in [4.78, 5) is 7.55. The van der Waals surface area contributed by atoms with Gasteiger partial charge >= 0.3 is 0 Å². The lowest BCUT2D eigenvalue weighted by molar-refractivity contribution is 0.0584. The van der Waals surface area contributed by atoms with Crippen molar-refractivity contribution in [1.29, 1.82) is 0 Å². The number of ether oxygens (including phenoxy) is 1. The third kappa shape index (κ3) is 5.40. The van der Waals surface area contributed by atoms with Crippen LogP contribution in [0.1, 0.15) is 25.7 Å². The van der Waals surface area contributed by atoms with E-state index in [9.17, 15) is 17.2 Å². The highest BCUT2D eigenvalue weighted by molar-refractivity contribution is 7.91. The van der Waals surface area contributed by atoms with E-state index in [0.717, 1.165) is 61.5 Å². The molecule has 2 saturated heterocycles. The van der Waals surface area contributed by atoms with E-state index in [1.165, 1.54) is 17.4 Å². The average molecular weight is 520 g/mol. The molecule has 0 N–H and O–H groups in total. The second kappa shape index (κ2) is 10.3. The molecule has 0 aliphatic carbocycles. The Morgan fingerprint density at radius 3 is 2.37 bits per heavy atom. The Morgan fingerprint density at radius 1 is 0.914 bits per heavy atom.